The summed E-state index contributed by atoms with van der Waals surface area (Å²) in [7, 11) is 0. The van der Waals surface area contributed by atoms with Gasteiger partial charge in [-0.15, -0.1) is 0 Å². The molecule has 1 aliphatic rings. The van der Waals surface area contributed by atoms with Crippen LogP contribution < -0.4 is 0 Å². The van der Waals surface area contributed by atoms with Crippen LogP contribution in [0.25, 0.3) is 0 Å². The Morgan fingerprint density at radius 3 is 2.67 bits per heavy atom. The van der Waals surface area contributed by atoms with E-state index >= 15 is 0 Å². The van der Waals surface area contributed by atoms with Gasteiger partial charge in [0.2, 0.25) is 0 Å². The Bertz CT molecular complexity index is 134. The minimum atomic E-state index is -0.293. The maximum Gasteiger partial charge on any atom is 0.165 e. The van der Waals surface area contributed by atoms with E-state index in [0.29, 0.717) is 6.10 Å². The highest BCUT2D eigenvalue weighted by molar-refractivity contribution is 4.73. The molecular weight excluding hydrogens is 152 g/mol. The Hall–Kier alpha value is -0.0800. The molecule has 0 N–H and O–H groups in total. The average molecular weight is 172 g/mol. The standard InChI is InChI=1S/C10H20O2/c1-4-6-7-9-8-11-10(3,5-2)12-9/h9H,4-8H2,1-3H3. The topological polar surface area (TPSA) is 18.5 Å². The summed E-state index contributed by atoms with van der Waals surface area (Å²) in [5.74, 6) is -0.293. The molecule has 1 rings (SSSR count). The molecule has 2 atom stereocenters. The van der Waals surface area contributed by atoms with Crippen molar-refractivity contribution in [3.05, 3.63) is 0 Å². The summed E-state index contributed by atoms with van der Waals surface area (Å²) in [6.07, 6.45) is 4.91. The van der Waals surface area contributed by atoms with Gasteiger partial charge in [-0.3, -0.25) is 0 Å². The lowest BCUT2D eigenvalue weighted by atomic mass is 10.2. The summed E-state index contributed by atoms with van der Waals surface area (Å²) in [5.41, 5.74) is 0. The first kappa shape index (κ1) is 10.0. The molecule has 12 heavy (non-hydrogen) atoms. The largest absolute Gasteiger partial charge is 0.348 e. The van der Waals surface area contributed by atoms with E-state index < -0.39 is 0 Å². The summed E-state index contributed by atoms with van der Waals surface area (Å²) in [6, 6.07) is 0. The van der Waals surface area contributed by atoms with Gasteiger partial charge in [0.1, 0.15) is 0 Å². The summed E-state index contributed by atoms with van der Waals surface area (Å²) in [4.78, 5) is 0. The lowest BCUT2D eigenvalue weighted by Crippen LogP contribution is -2.25. The van der Waals surface area contributed by atoms with Crippen molar-refractivity contribution in [3.63, 3.8) is 0 Å². The Labute approximate surface area is 75.2 Å². The fraction of sp³-hybridized carbons (Fsp3) is 1.00. The number of hydrogen-bond acceptors (Lipinski definition) is 2. The van der Waals surface area contributed by atoms with Crippen LogP contribution in [0.3, 0.4) is 0 Å². The number of ether oxygens (including phenoxy) is 2. The second-order valence-electron chi connectivity index (χ2n) is 3.68. The zero-order valence-corrected chi connectivity index (χ0v) is 8.43. The van der Waals surface area contributed by atoms with Crippen molar-refractivity contribution in [1.29, 1.82) is 0 Å². The third kappa shape index (κ3) is 2.46. The van der Waals surface area contributed by atoms with Crippen LogP contribution in [0.2, 0.25) is 0 Å². The van der Waals surface area contributed by atoms with Crippen molar-refractivity contribution in [1.82, 2.24) is 0 Å². The van der Waals surface area contributed by atoms with Crippen molar-refractivity contribution < 1.29 is 9.47 Å². The molecule has 0 aromatic heterocycles. The van der Waals surface area contributed by atoms with E-state index in [1.54, 1.807) is 0 Å². The minimum absolute atomic E-state index is 0.293. The van der Waals surface area contributed by atoms with Crippen molar-refractivity contribution in [2.45, 2.75) is 58.3 Å². The van der Waals surface area contributed by atoms with E-state index in [4.69, 9.17) is 9.47 Å². The molecule has 0 spiro atoms. The van der Waals surface area contributed by atoms with Crippen LogP contribution in [0.15, 0.2) is 0 Å². The van der Waals surface area contributed by atoms with Crippen molar-refractivity contribution in [2.24, 2.45) is 0 Å². The molecule has 2 unspecified atom stereocenters. The van der Waals surface area contributed by atoms with Crippen LogP contribution in [0, 0.1) is 0 Å². The van der Waals surface area contributed by atoms with E-state index in [9.17, 15) is 0 Å². The van der Waals surface area contributed by atoms with Gasteiger partial charge in [0.05, 0.1) is 12.7 Å². The zero-order valence-electron chi connectivity index (χ0n) is 8.43. The fourth-order valence-electron chi connectivity index (χ4n) is 1.45. The molecular formula is C10H20O2. The van der Waals surface area contributed by atoms with E-state index in [2.05, 4.69) is 13.8 Å². The minimum Gasteiger partial charge on any atom is -0.348 e. The molecule has 0 aromatic carbocycles. The highest BCUT2D eigenvalue weighted by atomic mass is 16.7. The molecule has 1 fully saturated rings. The average Bonchev–Trinajstić information content (AvgIpc) is 2.45. The molecule has 0 amide bonds. The molecule has 0 aromatic rings. The SMILES string of the molecule is CCCCC1COC(C)(CC)O1. The van der Waals surface area contributed by atoms with Crippen molar-refractivity contribution in [2.75, 3.05) is 6.61 Å². The fourth-order valence-corrected chi connectivity index (χ4v) is 1.45. The molecule has 72 valence electrons. The van der Waals surface area contributed by atoms with Gasteiger partial charge in [-0.05, 0) is 19.8 Å². The predicted molar refractivity (Wildman–Crippen MR) is 49.0 cm³/mol. The van der Waals surface area contributed by atoms with Crippen LogP contribution in [-0.2, 0) is 9.47 Å². The highest BCUT2D eigenvalue weighted by Gasteiger charge is 2.34. The first-order chi connectivity index (χ1) is 5.70. The third-order valence-corrected chi connectivity index (χ3v) is 2.51. The first-order valence-corrected chi connectivity index (χ1v) is 5.02. The van der Waals surface area contributed by atoms with Gasteiger partial charge in [-0.25, -0.2) is 0 Å². The normalized spacial score (nSPS) is 35.8. The molecule has 0 saturated carbocycles. The molecule has 0 radical (unpaired) electrons. The number of hydrogen-bond donors (Lipinski definition) is 0. The van der Waals surface area contributed by atoms with Gasteiger partial charge < -0.3 is 9.47 Å². The van der Waals surface area contributed by atoms with Crippen LogP contribution in [-0.4, -0.2) is 18.5 Å². The monoisotopic (exact) mass is 172 g/mol. The molecule has 1 aliphatic heterocycles. The number of rotatable bonds is 4. The van der Waals surface area contributed by atoms with Gasteiger partial charge in [-0.2, -0.15) is 0 Å². The summed E-state index contributed by atoms with van der Waals surface area (Å²) in [6.45, 7) is 7.11. The first-order valence-electron chi connectivity index (χ1n) is 5.02. The molecule has 1 heterocycles. The molecule has 0 bridgehead atoms. The van der Waals surface area contributed by atoms with Crippen LogP contribution >= 0.6 is 0 Å². The number of unbranched alkanes of at least 4 members (excludes halogenated alkanes) is 1. The quantitative estimate of drug-likeness (QED) is 0.649. The van der Waals surface area contributed by atoms with Crippen LogP contribution in [0.4, 0.5) is 0 Å². The van der Waals surface area contributed by atoms with E-state index in [-0.39, 0.29) is 5.79 Å². The molecule has 1 saturated heterocycles. The van der Waals surface area contributed by atoms with E-state index in [0.717, 1.165) is 19.4 Å². The Morgan fingerprint density at radius 1 is 1.42 bits per heavy atom. The zero-order chi connectivity index (χ0) is 9.03. The lowest BCUT2D eigenvalue weighted by Gasteiger charge is -2.20. The van der Waals surface area contributed by atoms with E-state index in [1.165, 1.54) is 12.8 Å². The molecule has 0 aliphatic carbocycles. The van der Waals surface area contributed by atoms with Gasteiger partial charge in [0.15, 0.2) is 5.79 Å². The second-order valence-corrected chi connectivity index (χ2v) is 3.68. The summed E-state index contributed by atoms with van der Waals surface area (Å²) < 4.78 is 11.4. The van der Waals surface area contributed by atoms with Crippen molar-refractivity contribution in [3.8, 4) is 0 Å². The smallest absolute Gasteiger partial charge is 0.165 e. The van der Waals surface area contributed by atoms with Gasteiger partial charge >= 0.3 is 0 Å². The van der Waals surface area contributed by atoms with Crippen LogP contribution in [0.1, 0.15) is 46.5 Å². The Balaban J connectivity index is 2.25. The lowest BCUT2D eigenvalue weighted by molar-refractivity contribution is -0.155. The maximum absolute atomic E-state index is 5.78. The third-order valence-electron chi connectivity index (χ3n) is 2.51. The Morgan fingerprint density at radius 2 is 2.17 bits per heavy atom. The van der Waals surface area contributed by atoms with Gasteiger partial charge in [0, 0.05) is 0 Å². The molecule has 2 nitrogen and oxygen atoms in total. The van der Waals surface area contributed by atoms with Gasteiger partial charge in [-0.1, -0.05) is 26.7 Å². The van der Waals surface area contributed by atoms with Crippen LogP contribution in [0.5, 0.6) is 0 Å². The summed E-state index contributed by atoms with van der Waals surface area (Å²) in [5, 5.41) is 0. The Kier molecular flexibility index (Phi) is 3.53. The molecule has 2 heteroatoms. The van der Waals surface area contributed by atoms with Crippen molar-refractivity contribution >= 4 is 0 Å². The summed E-state index contributed by atoms with van der Waals surface area (Å²) >= 11 is 0. The maximum atomic E-state index is 5.78. The van der Waals surface area contributed by atoms with E-state index in [1.807, 2.05) is 6.92 Å². The highest BCUT2D eigenvalue weighted by Crippen LogP contribution is 2.28. The second kappa shape index (κ2) is 4.24. The van der Waals surface area contributed by atoms with Gasteiger partial charge in [0.25, 0.3) is 0 Å². The predicted octanol–water partition coefficient (Wildman–Crippen LogP) is 2.72.